The number of hydrogen-bond acceptors (Lipinski definition) is 8. The lowest BCUT2D eigenvalue weighted by atomic mass is 10.1. The molecule has 1 fully saturated rings. The van der Waals surface area contributed by atoms with Gasteiger partial charge in [-0.15, -0.1) is 10.2 Å². The zero-order valence-corrected chi connectivity index (χ0v) is 21.6. The van der Waals surface area contributed by atoms with Gasteiger partial charge in [0.15, 0.2) is 11.6 Å². The van der Waals surface area contributed by atoms with Crippen LogP contribution in [-0.2, 0) is 11.8 Å². The van der Waals surface area contributed by atoms with Crippen molar-refractivity contribution in [3.63, 3.8) is 0 Å². The molecular formula is C25H33N7O4. The first-order valence-corrected chi connectivity index (χ1v) is 12.0. The fourth-order valence-corrected chi connectivity index (χ4v) is 4.13. The van der Waals surface area contributed by atoms with E-state index in [0.29, 0.717) is 49.2 Å². The molecule has 4 rings (SSSR count). The number of aryl methyl sites for hydroxylation is 1. The Kier molecular flexibility index (Phi) is 7.00. The van der Waals surface area contributed by atoms with Crippen LogP contribution in [0.2, 0.25) is 0 Å². The predicted molar refractivity (Wildman–Crippen MR) is 136 cm³/mol. The van der Waals surface area contributed by atoms with Gasteiger partial charge in [0.2, 0.25) is 0 Å². The molecule has 1 aromatic carbocycles. The number of piperazine rings is 1. The number of nitrogens with one attached hydrogen (secondary N) is 1. The van der Waals surface area contributed by atoms with Gasteiger partial charge >= 0.3 is 6.09 Å². The molecular weight excluding hydrogens is 462 g/mol. The largest absolute Gasteiger partial charge is 0.493 e. The summed E-state index contributed by atoms with van der Waals surface area (Å²) in [5.74, 6) is 1.13. The van der Waals surface area contributed by atoms with E-state index in [1.807, 2.05) is 53.9 Å². The van der Waals surface area contributed by atoms with E-state index in [1.165, 1.54) is 0 Å². The molecule has 11 nitrogen and oxygen atoms in total. The Bertz CT molecular complexity index is 1250. The number of fused-ring (bicyclic) bond motifs is 1. The molecule has 1 atom stereocenters. The number of rotatable bonds is 5. The molecule has 11 heteroatoms. The minimum atomic E-state index is -0.535. The smallest absolute Gasteiger partial charge is 0.410 e. The normalized spacial score (nSPS) is 16.2. The van der Waals surface area contributed by atoms with E-state index in [9.17, 15) is 9.59 Å². The van der Waals surface area contributed by atoms with Crippen molar-refractivity contribution >= 4 is 34.5 Å². The maximum atomic E-state index is 13.0. The SMILES string of the molecule is CCOc1cc2nn(C)cc2cc1C(=O)Nc1ccc(N2CCN(C(=O)OC(C)(C)C)[C@@H](C)C2)nn1. The molecule has 2 amide bonds. The first-order chi connectivity index (χ1) is 17.0. The minimum Gasteiger partial charge on any atom is -0.493 e. The summed E-state index contributed by atoms with van der Waals surface area (Å²) in [6.45, 7) is 11.6. The third kappa shape index (κ3) is 5.67. The van der Waals surface area contributed by atoms with Crippen molar-refractivity contribution in [3.05, 3.63) is 36.0 Å². The summed E-state index contributed by atoms with van der Waals surface area (Å²) in [6, 6.07) is 7.01. The number of ether oxygens (including phenoxy) is 2. The molecule has 0 unspecified atom stereocenters. The lowest BCUT2D eigenvalue weighted by Gasteiger charge is -2.40. The molecule has 0 saturated carbocycles. The number of carbonyl (C=O) groups is 2. The summed E-state index contributed by atoms with van der Waals surface area (Å²) in [5, 5.41) is 16.5. The molecule has 1 aliphatic heterocycles. The fraction of sp³-hybridized carbons (Fsp3) is 0.480. The van der Waals surface area contributed by atoms with Crippen LogP contribution in [0.15, 0.2) is 30.5 Å². The molecule has 1 N–H and O–H groups in total. The Hall–Kier alpha value is -3.89. The number of benzene rings is 1. The molecule has 1 aliphatic rings. The molecule has 192 valence electrons. The van der Waals surface area contributed by atoms with E-state index < -0.39 is 5.60 Å². The van der Waals surface area contributed by atoms with Crippen LogP contribution in [-0.4, -0.2) is 74.8 Å². The monoisotopic (exact) mass is 495 g/mol. The minimum absolute atomic E-state index is 0.0471. The standard InChI is InChI=1S/C25H33N7O4/c1-7-35-20-13-19-17(15-30(6)29-19)12-18(20)23(33)26-21-8-9-22(28-27-21)31-10-11-32(16(2)14-31)24(34)36-25(3,4)5/h8-9,12-13,15-16H,7,10-11,14H2,1-6H3,(H,26,27,33)/t16-/m0/s1. The number of aromatic nitrogens is 4. The second kappa shape index (κ2) is 10.00. The quantitative estimate of drug-likeness (QED) is 0.572. The lowest BCUT2D eigenvalue weighted by molar-refractivity contribution is 0.0158. The van der Waals surface area contributed by atoms with E-state index in [-0.39, 0.29) is 18.0 Å². The summed E-state index contributed by atoms with van der Waals surface area (Å²) >= 11 is 0. The fourth-order valence-electron chi connectivity index (χ4n) is 4.13. The maximum Gasteiger partial charge on any atom is 0.410 e. The first kappa shape index (κ1) is 25.2. The highest BCUT2D eigenvalue weighted by Crippen LogP contribution is 2.27. The van der Waals surface area contributed by atoms with Gasteiger partial charge in [-0.1, -0.05) is 0 Å². The van der Waals surface area contributed by atoms with E-state index in [1.54, 1.807) is 27.8 Å². The van der Waals surface area contributed by atoms with Gasteiger partial charge in [-0.3, -0.25) is 9.48 Å². The van der Waals surface area contributed by atoms with Crippen LogP contribution < -0.4 is 15.0 Å². The number of carbonyl (C=O) groups excluding carboxylic acids is 2. The maximum absolute atomic E-state index is 13.0. The first-order valence-electron chi connectivity index (χ1n) is 12.0. The van der Waals surface area contributed by atoms with Crippen LogP contribution in [0.4, 0.5) is 16.4 Å². The summed E-state index contributed by atoms with van der Waals surface area (Å²) < 4.78 is 12.9. The van der Waals surface area contributed by atoms with E-state index in [4.69, 9.17) is 9.47 Å². The van der Waals surface area contributed by atoms with Crippen molar-refractivity contribution in [1.29, 1.82) is 0 Å². The number of anilines is 2. The molecule has 36 heavy (non-hydrogen) atoms. The number of amides is 2. The van der Waals surface area contributed by atoms with Crippen molar-refractivity contribution in [2.75, 3.05) is 36.5 Å². The average Bonchev–Trinajstić information content (AvgIpc) is 3.16. The van der Waals surface area contributed by atoms with Crippen LogP contribution >= 0.6 is 0 Å². The van der Waals surface area contributed by atoms with Crippen LogP contribution in [0.3, 0.4) is 0 Å². The van der Waals surface area contributed by atoms with Gasteiger partial charge in [0.05, 0.1) is 17.7 Å². The Morgan fingerprint density at radius 2 is 1.94 bits per heavy atom. The Morgan fingerprint density at radius 3 is 2.58 bits per heavy atom. The number of hydrogen-bond donors (Lipinski definition) is 1. The van der Waals surface area contributed by atoms with Gasteiger partial charge in [0, 0.05) is 50.4 Å². The third-order valence-corrected chi connectivity index (χ3v) is 5.74. The second-order valence-electron chi connectivity index (χ2n) is 9.84. The highest BCUT2D eigenvalue weighted by molar-refractivity contribution is 6.08. The van der Waals surface area contributed by atoms with Crippen molar-refractivity contribution in [2.45, 2.75) is 46.3 Å². The molecule has 0 aliphatic carbocycles. The van der Waals surface area contributed by atoms with Crippen LogP contribution in [0.1, 0.15) is 45.0 Å². The zero-order chi connectivity index (χ0) is 26.0. The van der Waals surface area contributed by atoms with Gasteiger partial charge < -0.3 is 24.6 Å². The summed E-state index contributed by atoms with van der Waals surface area (Å²) in [5.41, 5.74) is 0.616. The predicted octanol–water partition coefficient (Wildman–Crippen LogP) is 3.46. The molecule has 0 spiro atoms. The van der Waals surface area contributed by atoms with Crippen LogP contribution in [0, 0.1) is 0 Å². The molecule has 3 heterocycles. The Morgan fingerprint density at radius 1 is 1.17 bits per heavy atom. The third-order valence-electron chi connectivity index (χ3n) is 5.74. The molecule has 3 aromatic rings. The zero-order valence-electron chi connectivity index (χ0n) is 21.6. The van der Waals surface area contributed by atoms with Gasteiger partial charge in [-0.25, -0.2) is 4.79 Å². The highest BCUT2D eigenvalue weighted by atomic mass is 16.6. The topological polar surface area (TPSA) is 115 Å². The summed E-state index contributed by atoms with van der Waals surface area (Å²) in [7, 11) is 1.83. The highest BCUT2D eigenvalue weighted by Gasteiger charge is 2.31. The lowest BCUT2D eigenvalue weighted by Crippen LogP contribution is -2.55. The summed E-state index contributed by atoms with van der Waals surface area (Å²) in [4.78, 5) is 29.3. The molecule has 2 aromatic heterocycles. The Labute approximate surface area is 210 Å². The van der Waals surface area contributed by atoms with Crippen molar-refractivity contribution in [1.82, 2.24) is 24.9 Å². The van der Waals surface area contributed by atoms with Crippen molar-refractivity contribution < 1.29 is 19.1 Å². The molecule has 0 radical (unpaired) electrons. The van der Waals surface area contributed by atoms with Gasteiger partial charge in [-0.2, -0.15) is 5.10 Å². The average molecular weight is 496 g/mol. The summed E-state index contributed by atoms with van der Waals surface area (Å²) in [6.07, 6.45) is 1.54. The van der Waals surface area contributed by atoms with Crippen LogP contribution in [0.25, 0.3) is 10.9 Å². The second-order valence-corrected chi connectivity index (χ2v) is 9.84. The van der Waals surface area contributed by atoms with Crippen molar-refractivity contribution in [2.24, 2.45) is 7.05 Å². The molecule has 1 saturated heterocycles. The van der Waals surface area contributed by atoms with E-state index in [0.717, 1.165) is 10.9 Å². The van der Waals surface area contributed by atoms with Gasteiger partial charge in [-0.05, 0) is 52.8 Å². The van der Waals surface area contributed by atoms with E-state index in [2.05, 4.69) is 25.5 Å². The Balaban J connectivity index is 1.42. The van der Waals surface area contributed by atoms with E-state index >= 15 is 0 Å². The van der Waals surface area contributed by atoms with Crippen molar-refractivity contribution in [3.8, 4) is 5.75 Å². The van der Waals surface area contributed by atoms with Crippen LogP contribution in [0.5, 0.6) is 5.75 Å². The molecule has 0 bridgehead atoms. The number of nitrogens with zero attached hydrogens (tertiary/aromatic N) is 6. The van der Waals surface area contributed by atoms with Gasteiger partial charge in [0.25, 0.3) is 5.91 Å². The van der Waals surface area contributed by atoms with Gasteiger partial charge in [0.1, 0.15) is 11.4 Å².